The molecule has 1 atom stereocenters. The lowest BCUT2D eigenvalue weighted by molar-refractivity contribution is -0.153. The Labute approximate surface area is 217 Å². The van der Waals surface area contributed by atoms with E-state index in [1.165, 1.54) is 13.2 Å². The number of carboxylic acid groups (broad SMARTS) is 1. The van der Waals surface area contributed by atoms with E-state index in [4.69, 9.17) is 4.74 Å². The maximum absolute atomic E-state index is 15.4. The Morgan fingerprint density at radius 2 is 1.87 bits per heavy atom. The third kappa shape index (κ3) is 5.90. The van der Waals surface area contributed by atoms with Crippen molar-refractivity contribution in [3.8, 4) is 5.75 Å². The van der Waals surface area contributed by atoms with Gasteiger partial charge in [0.15, 0.2) is 11.6 Å². The third-order valence-electron chi connectivity index (χ3n) is 7.51. The van der Waals surface area contributed by atoms with Gasteiger partial charge in [0, 0.05) is 17.0 Å². The molecule has 4 rings (SSSR count). The molecule has 0 aliphatic carbocycles. The Morgan fingerprint density at radius 1 is 1.13 bits per heavy atom. The number of rotatable bonds is 10. The molecule has 1 aliphatic heterocycles. The van der Waals surface area contributed by atoms with Crippen molar-refractivity contribution in [1.82, 2.24) is 9.88 Å². The number of hydrogen-bond donors (Lipinski definition) is 1. The van der Waals surface area contributed by atoms with E-state index in [9.17, 15) is 27.5 Å². The molecule has 0 spiro atoms. The van der Waals surface area contributed by atoms with Gasteiger partial charge in [-0.2, -0.15) is 0 Å². The number of carbonyl (C=O) groups is 1. The Hall–Kier alpha value is -3.27. The number of aryl methyl sites for hydroxylation is 1. The first-order valence-corrected chi connectivity index (χ1v) is 12.5. The molecule has 1 N–H and O–H groups in total. The van der Waals surface area contributed by atoms with E-state index >= 15 is 4.39 Å². The van der Waals surface area contributed by atoms with Gasteiger partial charge in [0.1, 0.15) is 23.6 Å². The summed E-state index contributed by atoms with van der Waals surface area (Å²) in [6.07, 6.45) is 0.194. The van der Waals surface area contributed by atoms with Crippen LogP contribution in [0.3, 0.4) is 0 Å². The molecule has 0 saturated carbocycles. The highest BCUT2D eigenvalue weighted by atomic mass is 19.2. The van der Waals surface area contributed by atoms with Crippen molar-refractivity contribution < 1.29 is 36.6 Å². The zero-order chi connectivity index (χ0) is 27.4. The highest BCUT2D eigenvalue weighted by Gasteiger charge is 2.41. The van der Waals surface area contributed by atoms with Crippen LogP contribution in [0.2, 0.25) is 0 Å². The number of ether oxygens (including phenoxy) is 1. The summed E-state index contributed by atoms with van der Waals surface area (Å²) in [4.78, 5) is 18.2. The highest BCUT2D eigenvalue weighted by Crippen LogP contribution is 2.41. The quantitative estimate of drug-likeness (QED) is 0.240. The van der Waals surface area contributed by atoms with E-state index in [1.54, 1.807) is 12.1 Å². The second-order valence-corrected chi connectivity index (χ2v) is 9.80. The molecule has 1 fully saturated rings. The number of piperidine rings is 1. The molecule has 5 nitrogen and oxygen atoms in total. The van der Waals surface area contributed by atoms with Gasteiger partial charge in [-0.1, -0.05) is 0 Å². The summed E-state index contributed by atoms with van der Waals surface area (Å²) >= 11 is 0. The molecule has 1 aliphatic rings. The number of hydrogen-bond acceptors (Lipinski definition) is 4. The summed E-state index contributed by atoms with van der Waals surface area (Å²) in [5.41, 5.74) is -0.947. The number of alkyl halides is 1. The lowest BCUT2D eigenvalue weighted by Gasteiger charge is -2.39. The molecule has 0 amide bonds. The van der Waals surface area contributed by atoms with E-state index in [2.05, 4.69) is 4.98 Å². The topological polar surface area (TPSA) is 62.7 Å². The van der Waals surface area contributed by atoms with Gasteiger partial charge >= 0.3 is 5.97 Å². The highest BCUT2D eigenvalue weighted by molar-refractivity contribution is 5.84. The van der Waals surface area contributed by atoms with Gasteiger partial charge in [-0.15, -0.1) is 0 Å². The van der Waals surface area contributed by atoms with E-state index in [0.29, 0.717) is 43.4 Å². The largest absolute Gasteiger partial charge is 0.497 e. The van der Waals surface area contributed by atoms with Gasteiger partial charge in [-0.05, 0) is 88.0 Å². The summed E-state index contributed by atoms with van der Waals surface area (Å²) in [6, 6.07) is 6.24. The van der Waals surface area contributed by atoms with Gasteiger partial charge in [0.2, 0.25) is 0 Å². The maximum atomic E-state index is 15.4. The van der Waals surface area contributed by atoms with Gasteiger partial charge in [0.05, 0.1) is 24.2 Å². The molecule has 0 bridgehead atoms. The normalized spacial score (nSPS) is 16.5. The fourth-order valence-corrected chi connectivity index (χ4v) is 5.22. The monoisotopic (exact) mass is 536 g/mol. The van der Waals surface area contributed by atoms with Crippen molar-refractivity contribution in [2.24, 2.45) is 5.41 Å². The van der Waals surface area contributed by atoms with Crippen molar-refractivity contribution in [3.05, 3.63) is 70.9 Å². The van der Waals surface area contributed by atoms with Crippen LogP contribution < -0.4 is 4.74 Å². The lowest BCUT2D eigenvalue weighted by Crippen LogP contribution is -2.44. The molecule has 204 valence electrons. The van der Waals surface area contributed by atoms with Crippen molar-refractivity contribution in [2.45, 2.75) is 44.7 Å². The molecule has 1 aromatic heterocycles. The maximum Gasteiger partial charge on any atom is 0.309 e. The van der Waals surface area contributed by atoms with E-state index in [-0.39, 0.29) is 48.6 Å². The molecule has 2 heterocycles. The molecule has 10 heteroatoms. The van der Waals surface area contributed by atoms with E-state index < -0.39 is 40.8 Å². The Morgan fingerprint density at radius 3 is 2.55 bits per heavy atom. The predicted octanol–water partition coefficient (Wildman–Crippen LogP) is 6.39. The van der Waals surface area contributed by atoms with Crippen LogP contribution in [0.25, 0.3) is 10.9 Å². The average molecular weight is 537 g/mol. The SMILES string of the molecule is COc1ccc2ncc(F)c([C@@H](F)CCC3(C(=O)O)CCN(CCCc4cc(F)cc(F)c4F)CC3)c2c1. The van der Waals surface area contributed by atoms with Crippen molar-refractivity contribution >= 4 is 16.9 Å². The van der Waals surface area contributed by atoms with Crippen LogP contribution in [0, 0.1) is 28.7 Å². The van der Waals surface area contributed by atoms with Crippen LogP contribution in [-0.2, 0) is 11.2 Å². The summed E-state index contributed by atoms with van der Waals surface area (Å²) in [5.74, 6) is -4.52. The molecular formula is C28H29F5N2O3. The Balaban J connectivity index is 1.37. The molecule has 2 aromatic carbocycles. The fraction of sp³-hybridized carbons (Fsp3) is 0.429. The fourth-order valence-electron chi connectivity index (χ4n) is 5.22. The number of pyridine rings is 1. The number of aromatic nitrogens is 1. The smallest absolute Gasteiger partial charge is 0.309 e. The molecule has 38 heavy (non-hydrogen) atoms. The second kappa shape index (κ2) is 11.6. The molecule has 1 saturated heterocycles. The number of methoxy groups -OCH3 is 1. The van der Waals surface area contributed by atoms with Gasteiger partial charge < -0.3 is 14.7 Å². The Kier molecular flexibility index (Phi) is 8.50. The number of carboxylic acids is 1. The Bertz CT molecular complexity index is 1310. The second-order valence-electron chi connectivity index (χ2n) is 9.80. The molecule has 3 aromatic rings. The van der Waals surface area contributed by atoms with Crippen molar-refractivity contribution in [1.29, 1.82) is 0 Å². The minimum absolute atomic E-state index is 0.0261. The minimum Gasteiger partial charge on any atom is -0.497 e. The summed E-state index contributed by atoms with van der Waals surface area (Å²) in [6.45, 7) is 1.34. The van der Waals surface area contributed by atoms with Crippen molar-refractivity contribution in [2.75, 3.05) is 26.7 Å². The summed E-state index contributed by atoms with van der Waals surface area (Å²) < 4.78 is 76.0. The average Bonchev–Trinajstić information content (AvgIpc) is 2.90. The molecule has 0 unspecified atom stereocenters. The van der Waals surface area contributed by atoms with Gasteiger partial charge in [0.25, 0.3) is 0 Å². The van der Waals surface area contributed by atoms with Crippen LogP contribution >= 0.6 is 0 Å². The van der Waals surface area contributed by atoms with Crippen molar-refractivity contribution in [3.63, 3.8) is 0 Å². The van der Waals surface area contributed by atoms with E-state index in [0.717, 1.165) is 12.3 Å². The zero-order valence-corrected chi connectivity index (χ0v) is 21.0. The van der Waals surface area contributed by atoms with Crippen LogP contribution in [0.1, 0.15) is 49.4 Å². The lowest BCUT2D eigenvalue weighted by atomic mass is 9.74. The van der Waals surface area contributed by atoms with Gasteiger partial charge in [-0.3, -0.25) is 9.78 Å². The molecule has 0 radical (unpaired) electrons. The first kappa shape index (κ1) is 27.8. The number of benzene rings is 2. The van der Waals surface area contributed by atoms with Crippen LogP contribution in [-0.4, -0.2) is 47.7 Å². The molecular weight excluding hydrogens is 507 g/mol. The number of halogens is 5. The first-order chi connectivity index (χ1) is 18.1. The standard InChI is InChI=1S/C28H29F5N2O3/c1-38-19-4-5-24-20(15-19)25(23(32)16-34-24)21(30)6-7-28(27(36)37)8-11-35(12-9-28)10-2-3-17-13-18(29)14-22(31)26(17)33/h4-5,13-16,21H,2-3,6-12H2,1H3,(H,36,37)/t21-/m0/s1. The van der Waals surface area contributed by atoms with Crippen LogP contribution in [0.15, 0.2) is 36.5 Å². The predicted molar refractivity (Wildman–Crippen MR) is 132 cm³/mol. The summed E-state index contributed by atoms with van der Waals surface area (Å²) in [7, 11) is 1.45. The van der Waals surface area contributed by atoms with Crippen LogP contribution in [0.5, 0.6) is 5.75 Å². The zero-order valence-electron chi connectivity index (χ0n) is 21.0. The number of nitrogens with zero attached hydrogens (tertiary/aromatic N) is 2. The number of fused-ring (bicyclic) bond motifs is 1. The van der Waals surface area contributed by atoms with E-state index in [1.807, 2.05) is 4.90 Å². The number of likely N-dealkylation sites (tertiary alicyclic amines) is 1. The minimum atomic E-state index is -1.73. The van der Waals surface area contributed by atoms with Crippen LogP contribution in [0.4, 0.5) is 22.0 Å². The van der Waals surface area contributed by atoms with Gasteiger partial charge in [-0.25, -0.2) is 22.0 Å². The summed E-state index contributed by atoms with van der Waals surface area (Å²) in [5, 5.41) is 10.3. The third-order valence-corrected chi connectivity index (χ3v) is 7.51. The first-order valence-electron chi connectivity index (χ1n) is 12.5. The number of aliphatic carboxylic acids is 1.